The van der Waals surface area contributed by atoms with E-state index in [-0.39, 0.29) is 6.61 Å². The van der Waals surface area contributed by atoms with Crippen LogP contribution in [0.3, 0.4) is 0 Å². The molecule has 2 aliphatic rings. The molecule has 16 heteroatoms. The maximum Gasteiger partial charge on any atom is 0.303 e. The Morgan fingerprint density at radius 2 is 1.14 bits per heavy atom. The number of hydrogen-bond acceptors (Lipinski definition) is 16. The van der Waals surface area contributed by atoms with Crippen LogP contribution in [0.25, 0.3) is 0 Å². The van der Waals surface area contributed by atoms with Crippen molar-refractivity contribution >= 4 is 47.6 Å². The molecule has 0 aromatic rings. The van der Waals surface area contributed by atoms with Gasteiger partial charge in [-0.2, -0.15) is 0 Å². The first-order chi connectivity index (χ1) is 20.1. The van der Waals surface area contributed by atoms with Crippen LogP contribution in [-0.2, 0) is 71.4 Å². The maximum absolute atomic E-state index is 12.3. The standard InChI is InChI=1S/C27H38O15S/c1-9-10-34-26-24(23(39-17(7)32)21(37-15(5)30)19(41-26)11-35-13(3)28)42-27-25(40-18(8)33)22(38-16(6)31)20(12(2)43-27)36-14(4)29/h9,12,19-27H,1,10-11H2,2-8H3/t12-,19+,20+,21-,22+,23-,24+,25-,26+,27-/m0/s1. The molecule has 15 nitrogen and oxygen atoms in total. The molecule has 0 aliphatic carbocycles. The van der Waals surface area contributed by atoms with Crippen LogP contribution >= 0.6 is 11.8 Å². The molecule has 0 radical (unpaired) electrons. The summed E-state index contributed by atoms with van der Waals surface area (Å²) in [5, 5.41) is -0.574. The van der Waals surface area contributed by atoms with E-state index in [9.17, 15) is 28.8 Å². The van der Waals surface area contributed by atoms with Gasteiger partial charge in [0.1, 0.15) is 18.1 Å². The third-order valence-corrected chi connectivity index (χ3v) is 7.29. The van der Waals surface area contributed by atoms with E-state index in [1.54, 1.807) is 6.92 Å². The van der Waals surface area contributed by atoms with Gasteiger partial charge in [0.25, 0.3) is 0 Å². The smallest absolute Gasteiger partial charge is 0.303 e. The zero-order valence-corrected chi connectivity index (χ0v) is 25.8. The molecule has 2 heterocycles. The Balaban J connectivity index is 2.60. The molecule has 0 spiro atoms. The third-order valence-electron chi connectivity index (χ3n) is 5.95. The Bertz CT molecular complexity index is 1050. The summed E-state index contributed by atoms with van der Waals surface area (Å²) in [5.74, 6) is -4.35. The Morgan fingerprint density at radius 1 is 0.674 bits per heavy atom. The first kappa shape index (κ1) is 36.0. The van der Waals surface area contributed by atoms with E-state index >= 15 is 0 Å². The molecular formula is C27H38O15S. The average molecular weight is 635 g/mol. The highest BCUT2D eigenvalue weighted by Crippen LogP contribution is 2.41. The fourth-order valence-electron chi connectivity index (χ4n) is 4.55. The van der Waals surface area contributed by atoms with Gasteiger partial charge in [-0.25, -0.2) is 0 Å². The van der Waals surface area contributed by atoms with E-state index in [0.717, 1.165) is 39.5 Å². The van der Waals surface area contributed by atoms with E-state index in [2.05, 4.69) is 6.58 Å². The molecule has 43 heavy (non-hydrogen) atoms. The van der Waals surface area contributed by atoms with Crippen LogP contribution in [0.2, 0.25) is 0 Å². The molecule has 10 atom stereocenters. The van der Waals surface area contributed by atoms with Crippen LogP contribution in [0, 0.1) is 0 Å². The van der Waals surface area contributed by atoms with E-state index in [0.29, 0.717) is 0 Å². The summed E-state index contributed by atoms with van der Waals surface area (Å²) in [4.78, 5) is 72.1. The molecule has 0 aromatic heterocycles. The van der Waals surface area contributed by atoms with Gasteiger partial charge in [-0.1, -0.05) is 6.08 Å². The second-order valence-corrected chi connectivity index (χ2v) is 11.1. The monoisotopic (exact) mass is 634 g/mol. The molecule has 2 aliphatic heterocycles. The van der Waals surface area contributed by atoms with Gasteiger partial charge in [0, 0.05) is 46.8 Å². The van der Waals surface area contributed by atoms with Crippen molar-refractivity contribution < 1.29 is 71.4 Å². The molecule has 0 bridgehead atoms. The fourth-order valence-corrected chi connectivity index (χ4v) is 5.89. The van der Waals surface area contributed by atoms with Crippen molar-refractivity contribution in [1.82, 2.24) is 0 Å². The van der Waals surface area contributed by atoms with Crippen molar-refractivity contribution in [2.45, 2.75) is 108 Å². The van der Waals surface area contributed by atoms with Gasteiger partial charge in [-0.15, -0.1) is 18.3 Å². The van der Waals surface area contributed by atoms with Crippen LogP contribution in [0.5, 0.6) is 0 Å². The molecule has 0 saturated carbocycles. The van der Waals surface area contributed by atoms with Gasteiger partial charge >= 0.3 is 35.8 Å². The largest absolute Gasteiger partial charge is 0.463 e. The average Bonchev–Trinajstić information content (AvgIpc) is 2.87. The Hall–Kier alpha value is -3.21. The minimum absolute atomic E-state index is 0.0674. The van der Waals surface area contributed by atoms with Gasteiger partial charge in [-0.05, 0) is 6.92 Å². The Kier molecular flexibility index (Phi) is 13.9. The summed E-state index contributed by atoms with van der Waals surface area (Å²) >= 11 is 1.07. The molecule has 2 rings (SSSR count). The molecule has 2 fully saturated rings. The third kappa shape index (κ3) is 10.8. The predicted molar refractivity (Wildman–Crippen MR) is 145 cm³/mol. The lowest BCUT2D eigenvalue weighted by Crippen LogP contribution is -2.65. The SMILES string of the molecule is C=CCO[C@@H]1O[C@H](COC(C)=O)[C@H](OC(C)=O)[C@H](OC(C)=O)[C@H]1O[C@H]1S[C@@H](C)[C@@H](OC(C)=O)[C@@H](OC(C)=O)[C@@H]1OC(C)=O. The van der Waals surface area contributed by atoms with Crippen molar-refractivity contribution in [3.63, 3.8) is 0 Å². The fraction of sp³-hybridized carbons (Fsp3) is 0.704. The van der Waals surface area contributed by atoms with E-state index < -0.39 is 102 Å². The molecule has 0 aromatic carbocycles. The zero-order valence-electron chi connectivity index (χ0n) is 25.0. The van der Waals surface area contributed by atoms with Crippen molar-refractivity contribution in [1.29, 1.82) is 0 Å². The summed E-state index contributed by atoms with van der Waals surface area (Å²) < 4.78 is 50.7. The summed E-state index contributed by atoms with van der Waals surface area (Å²) in [6.45, 7) is 11.7. The highest BCUT2D eigenvalue weighted by Gasteiger charge is 2.56. The van der Waals surface area contributed by atoms with Crippen LogP contribution in [0.4, 0.5) is 0 Å². The highest BCUT2D eigenvalue weighted by atomic mass is 32.2. The summed E-state index contributed by atoms with van der Waals surface area (Å²) in [5.41, 5.74) is -1.15. The van der Waals surface area contributed by atoms with Crippen molar-refractivity contribution in [2.75, 3.05) is 13.2 Å². The number of carbonyl (C=O) groups excluding carboxylic acids is 6. The van der Waals surface area contributed by atoms with Crippen LogP contribution in [-0.4, -0.2) is 109 Å². The van der Waals surface area contributed by atoms with Gasteiger partial charge in [0.2, 0.25) is 0 Å². The van der Waals surface area contributed by atoms with E-state index in [1.807, 2.05) is 0 Å². The molecule has 0 amide bonds. The zero-order chi connectivity index (χ0) is 32.4. The molecule has 0 unspecified atom stereocenters. The van der Waals surface area contributed by atoms with E-state index in [1.165, 1.54) is 19.9 Å². The summed E-state index contributed by atoms with van der Waals surface area (Å²) in [6.07, 6.45) is -8.82. The van der Waals surface area contributed by atoms with Crippen molar-refractivity contribution in [2.24, 2.45) is 0 Å². The van der Waals surface area contributed by atoms with Crippen LogP contribution in [0.1, 0.15) is 48.5 Å². The maximum atomic E-state index is 12.3. The minimum atomic E-state index is -1.39. The van der Waals surface area contributed by atoms with Crippen LogP contribution < -0.4 is 0 Å². The number of thioether (sulfide) groups is 1. The molecular weight excluding hydrogens is 596 g/mol. The summed E-state index contributed by atoms with van der Waals surface area (Å²) in [6, 6.07) is 0. The van der Waals surface area contributed by atoms with Crippen molar-refractivity contribution in [3.8, 4) is 0 Å². The topological polar surface area (TPSA) is 185 Å². The quantitative estimate of drug-likeness (QED) is 0.168. The second-order valence-electron chi connectivity index (χ2n) is 9.65. The van der Waals surface area contributed by atoms with Gasteiger partial charge in [-0.3, -0.25) is 28.8 Å². The Morgan fingerprint density at radius 3 is 1.63 bits per heavy atom. The summed E-state index contributed by atoms with van der Waals surface area (Å²) in [7, 11) is 0. The molecule has 242 valence electrons. The lowest BCUT2D eigenvalue weighted by molar-refractivity contribution is -0.318. The number of carbonyl (C=O) groups is 6. The number of esters is 6. The number of ether oxygens (including phenoxy) is 9. The highest BCUT2D eigenvalue weighted by molar-refractivity contribution is 8.00. The van der Waals surface area contributed by atoms with Gasteiger partial charge in [0.15, 0.2) is 42.9 Å². The first-order valence-corrected chi connectivity index (χ1v) is 14.3. The lowest BCUT2D eigenvalue weighted by atomic mass is 9.97. The van der Waals surface area contributed by atoms with Gasteiger partial charge < -0.3 is 42.6 Å². The predicted octanol–water partition coefficient (Wildman–Crippen LogP) is 0.982. The van der Waals surface area contributed by atoms with Crippen LogP contribution in [0.15, 0.2) is 12.7 Å². The second kappa shape index (κ2) is 16.6. The molecule has 2 saturated heterocycles. The van der Waals surface area contributed by atoms with Gasteiger partial charge in [0.05, 0.1) is 6.61 Å². The minimum Gasteiger partial charge on any atom is -0.463 e. The number of rotatable bonds is 12. The lowest BCUT2D eigenvalue weighted by Gasteiger charge is -2.48. The number of hydrogen-bond donors (Lipinski definition) is 0. The first-order valence-electron chi connectivity index (χ1n) is 13.3. The van der Waals surface area contributed by atoms with Crippen molar-refractivity contribution in [3.05, 3.63) is 12.7 Å². The van der Waals surface area contributed by atoms with E-state index in [4.69, 9.17) is 42.6 Å². The molecule has 0 N–H and O–H groups in total. The normalized spacial score (nSPS) is 32.0. The Labute approximate surface area is 253 Å².